The van der Waals surface area contributed by atoms with Crippen LogP contribution in [0.3, 0.4) is 0 Å². The van der Waals surface area contributed by atoms with E-state index < -0.39 is 0 Å². The molecule has 0 bridgehead atoms. The van der Waals surface area contributed by atoms with E-state index >= 15 is 0 Å². The number of nitrogens with one attached hydrogen (secondary N) is 1. The Morgan fingerprint density at radius 2 is 1.88 bits per heavy atom. The van der Waals surface area contributed by atoms with Crippen LogP contribution in [0.25, 0.3) is 0 Å². The molecule has 0 atom stereocenters. The molecule has 1 N–H and O–H groups in total. The van der Waals surface area contributed by atoms with E-state index in [2.05, 4.69) is 49.3 Å². The van der Waals surface area contributed by atoms with Crippen molar-refractivity contribution in [1.29, 1.82) is 0 Å². The maximum Gasteiger partial charge on any atom is 0.0205 e. The zero-order chi connectivity index (χ0) is 11.8. The number of hydrogen-bond acceptors (Lipinski definition) is 1. The van der Waals surface area contributed by atoms with Crippen LogP contribution in [-0.2, 0) is 6.54 Å². The summed E-state index contributed by atoms with van der Waals surface area (Å²) >= 11 is 0. The van der Waals surface area contributed by atoms with Gasteiger partial charge >= 0.3 is 0 Å². The Morgan fingerprint density at radius 3 is 2.50 bits per heavy atom. The molecule has 0 aliphatic carbocycles. The van der Waals surface area contributed by atoms with Crippen LogP contribution in [0.2, 0.25) is 0 Å². The van der Waals surface area contributed by atoms with E-state index in [0.717, 1.165) is 30.7 Å². The fourth-order valence-electron chi connectivity index (χ4n) is 1.37. The Kier molecular flexibility index (Phi) is 5.30. The molecule has 0 aliphatic rings. The van der Waals surface area contributed by atoms with Gasteiger partial charge in [0.15, 0.2) is 0 Å². The van der Waals surface area contributed by atoms with E-state index in [1.54, 1.807) is 6.08 Å². The molecule has 1 rings (SSSR count). The summed E-state index contributed by atoms with van der Waals surface area (Å²) in [5.74, 6) is 0. The fraction of sp³-hybridized carbons (Fsp3) is 0.200. The number of rotatable bonds is 7. The molecule has 0 fully saturated rings. The Balaban J connectivity index is 2.20. The van der Waals surface area contributed by atoms with Gasteiger partial charge in [0.25, 0.3) is 0 Å². The highest BCUT2D eigenvalue weighted by molar-refractivity contribution is 5.33. The van der Waals surface area contributed by atoms with Crippen molar-refractivity contribution in [1.82, 2.24) is 5.32 Å². The van der Waals surface area contributed by atoms with Crippen molar-refractivity contribution in [3.8, 4) is 0 Å². The van der Waals surface area contributed by atoms with Gasteiger partial charge in [0.2, 0.25) is 0 Å². The van der Waals surface area contributed by atoms with Gasteiger partial charge in [-0.25, -0.2) is 0 Å². The first-order valence-corrected chi connectivity index (χ1v) is 5.48. The third kappa shape index (κ3) is 4.28. The lowest BCUT2D eigenvalue weighted by molar-refractivity contribution is 0.687. The number of benzene rings is 1. The van der Waals surface area contributed by atoms with Gasteiger partial charge in [0.1, 0.15) is 0 Å². The molecule has 16 heavy (non-hydrogen) atoms. The molecule has 0 amide bonds. The zero-order valence-electron chi connectivity index (χ0n) is 9.71. The Morgan fingerprint density at radius 1 is 1.19 bits per heavy atom. The summed E-state index contributed by atoms with van der Waals surface area (Å²) in [4.78, 5) is 0. The minimum atomic E-state index is 0.898. The van der Waals surface area contributed by atoms with E-state index in [-0.39, 0.29) is 0 Å². The van der Waals surface area contributed by atoms with Crippen molar-refractivity contribution < 1.29 is 0 Å². The highest BCUT2D eigenvalue weighted by Crippen LogP contribution is 2.09. The molecule has 0 aromatic heterocycles. The molecule has 1 nitrogen and oxygen atoms in total. The van der Waals surface area contributed by atoms with E-state index in [9.17, 15) is 0 Å². The summed E-state index contributed by atoms with van der Waals surface area (Å²) in [7, 11) is 0. The smallest absolute Gasteiger partial charge is 0.0205 e. The maximum atomic E-state index is 3.96. The predicted octanol–water partition coefficient (Wildman–Crippen LogP) is 3.46. The van der Waals surface area contributed by atoms with Gasteiger partial charge in [-0.2, -0.15) is 0 Å². The van der Waals surface area contributed by atoms with Crippen LogP contribution >= 0.6 is 0 Å². The maximum absolute atomic E-state index is 3.96. The third-order valence-corrected chi connectivity index (χ3v) is 2.48. The summed E-state index contributed by atoms with van der Waals surface area (Å²) in [5.41, 5.74) is 3.28. The van der Waals surface area contributed by atoms with Crippen molar-refractivity contribution in [3.63, 3.8) is 0 Å². The van der Waals surface area contributed by atoms with E-state index in [1.165, 1.54) is 5.56 Å². The summed E-state index contributed by atoms with van der Waals surface area (Å²) < 4.78 is 0. The first-order chi connectivity index (χ1) is 7.74. The van der Waals surface area contributed by atoms with Crippen LogP contribution in [0.1, 0.15) is 12.0 Å². The highest BCUT2D eigenvalue weighted by atomic mass is 14.8. The minimum Gasteiger partial charge on any atom is -0.312 e. The molecule has 84 valence electrons. The molecular weight excluding hydrogens is 194 g/mol. The van der Waals surface area contributed by atoms with Gasteiger partial charge in [0.05, 0.1) is 0 Å². The standard InChI is InChI=1S/C15H19N/c1-4-13(2)14(3)10-11-16-12-15-8-6-5-7-9-15/h4-9,16H,1-3,10-12H2. The molecule has 0 heterocycles. The molecule has 1 aromatic rings. The van der Waals surface area contributed by atoms with Crippen molar-refractivity contribution in [2.45, 2.75) is 13.0 Å². The second-order valence-electron chi connectivity index (χ2n) is 3.75. The predicted molar refractivity (Wildman–Crippen MR) is 71.2 cm³/mol. The number of allylic oxidation sites excluding steroid dienone is 2. The van der Waals surface area contributed by atoms with Crippen molar-refractivity contribution in [3.05, 3.63) is 72.9 Å². The lowest BCUT2D eigenvalue weighted by Gasteiger charge is -2.07. The largest absolute Gasteiger partial charge is 0.312 e. The topological polar surface area (TPSA) is 12.0 Å². The van der Waals surface area contributed by atoms with Crippen LogP contribution < -0.4 is 5.32 Å². The lowest BCUT2D eigenvalue weighted by Crippen LogP contribution is -2.15. The molecule has 0 spiro atoms. The fourth-order valence-corrected chi connectivity index (χ4v) is 1.37. The van der Waals surface area contributed by atoms with Gasteiger partial charge in [0, 0.05) is 6.54 Å². The van der Waals surface area contributed by atoms with Gasteiger partial charge in [-0.15, -0.1) is 0 Å². The van der Waals surface area contributed by atoms with E-state index in [4.69, 9.17) is 0 Å². The zero-order valence-corrected chi connectivity index (χ0v) is 9.71. The highest BCUT2D eigenvalue weighted by Gasteiger charge is 1.96. The first-order valence-electron chi connectivity index (χ1n) is 5.48. The molecule has 0 aliphatic heterocycles. The summed E-state index contributed by atoms with van der Waals surface area (Å²) in [6.07, 6.45) is 2.66. The lowest BCUT2D eigenvalue weighted by atomic mass is 10.1. The minimum absolute atomic E-state index is 0.898. The number of hydrogen-bond donors (Lipinski definition) is 1. The van der Waals surface area contributed by atoms with Crippen LogP contribution in [0.4, 0.5) is 0 Å². The van der Waals surface area contributed by atoms with Gasteiger partial charge in [-0.05, 0) is 29.7 Å². The van der Waals surface area contributed by atoms with Crippen LogP contribution in [0, 0.1) is 0 Å². The van der Waals surface area contributed by atoms with Crippen LogP contribution in [0.15, 0.2) is 67.3 Å². The van der Waals surface area contributed by atoms with E-state index in [0.29, 0.717) is 0 Å². The van der Waals surface area contributed by atoms with Gasteiger partial charge < -0.3 is 5.32 Å². The van der Waals surface area contributed by atoms with Crippen molar-refractivity contribution >= 4 is 0 Å². The summed E-state index contributed by atoms with van der Waals surface area (Å²) in [6.45, 7) is 13.3. The monoisotopic (exact) mass is 213 g/mol. The average molecular weight is 213 g/mol. The van der Waals surface area contributed by atoms with E-state index in [1.807, 2.05) is 6.07 Å². The second-order valence-corrected chi connectivity index (χ2v) is 3.75. The Hall–Kier alpha value is -1.60. The first kappa shape index (κ1) is 12.5. The third-order valence-electron chi connectivity index (χ3n) is 2.48. The molecular formula is C15H19N. The van der Waals surface area contributed by atoms with Gasteiger partial charge in [-0.1, -0.05) is 56.1 Å². The SMILES string of the molecule is C=CC(=C)C(=C)CCNCc1ccccc1. The second kappa shape index (κ2) is 6.81. The molecule has 0 saturated carbocycles. The average Bonchev–Trinajstić information content (AvgIpc) is 2.34. The molecule has 0 unspecified atom stereocenters. The van der Waals surface area contributed by atoms with Gasteiger partial charge in [-0.3, -0.25) is 0 Å². The Bertz CT molecular complexity index is 362. The molecule has 0 radical (unpaired) electrons. The molecule has 1 heteroatoms. The van der Waals surface area contributed by atoms with Crippen molar-refractivity contribution in [2.75, 3.05) is 6.54 Å². The van der Waals surface area contributed by atoms with Crippen molar-refractivity contribution in [2.24, 2.45) is 0 Å². The van der Waals surface area contributed by atoms with Crippen LogP contribution in [0.5, 0.6) is 0 Å². The summed E-state index contributed by atoms with van der Waals surface area (Å²) in [6, 6.07) is 10.4. The normalized spacial score (nSPS) is 9.75. The molecule has 0 saturated heterocycles. The summed E-state index contributed by atoms with van der Waals surface area (Å²) in [5, 5.41) is 3.38. The van der Waals surface area contributed by atoms with Crippen LogP contribution in [-0.4, -0.2) is 6.54 Å². The Labute approximate surface area is 98.2 Å². The quantitative estimate of drug-likeness (QED) is 0.540. The molecule has 1 aromatic carbocycles.